The van der Waals surface area contributed by atoms with E-state index >= 15 is 0 Å². The largest absolute Gasteiger partial charge is 0.465 e. The molecule has 1 aliphatic heterocycles. The van der Waals surface area contributed by atoms with Crippen molar-refractivity contribution in [3.05, 3.63) is 41.6 Å². The molecule has 2 rings (SSSR count). The number of nitrogens with zero attached hydrogens (tertiary/aromatic N) is 2. The second-order valence-corrected chi connectivity index (χ2v) is 6.86. The van der Waals surface area contributed by atoms with Crippen LogP contribution in [0.3, 0.4) is 0 Å². The highest BCUT2D eigenvalue weighted by atomic mass is 32.2. The van der Waals surface area contributed by atoms with Crippen molar-refractivity contribution >= 4 is 34.4 Å². The van der Waals surface area contributed by atoms with Crippen LogP contribution in [0.4, 0.5) is 5.69 Å². The number of rotatable bonds is 4. The maximum atomic E-state index is 12.5. The summed E-state index contributed by atoms with van der Waals surface area (Å²) in [6, 6.07) is 9.38. The molecule has 1 amide bonds. The Morgan fingerprint density at radius 2 is 2.00 bits per heavy atom. The summed E-state index contributed by atoms with van der Waals surface area (Å²) in [5.41, 5.74) is 1.69. The van der Waals surface area contributed by atoms with Crippen molar-refractivity contribution in [1.82, 2.24) is 4.90 Å². The van der Waals surface area contributed by atoms with Gasteiger partial charge in [-0.1, -0.05) is 43.8 Å². The molecular weight excluding hydrogens is 324 g/mol. The highest BCUT2D eigenvalue weighted by Crippen LogP contribution is 2.28. The molecule has 0 aliphatic carbocycles. The number of allylic oxidation sites excluding steroid dienone is 1. The maximum Gasteiger partial charge on any atom is 0.342 e. The standard InChI is InChI=1S/C18H22N2O3S/c1-12(2)10-20-13(3)16(18(22)23-4)17(24-11-15(20)21)19-14-8-6-5-7-9-14/h5-9,12H,10-11H2,1-4H3. The van der Waals surface area contributed by atoms with Crippen LogP contribution in [0, 0.1) is 5.92 Å². The van der Waals surface area contributed by atoms with Gasteiger partial charge in [0, 0.05) is 12.2 Å². The summed E-state index contributed by atoms with van der Waals surface area (Å²) in [4.78, 5) is 31.1. The monoisotopic (exact) mass is 346 g/mol. The van der Waals surface area contributed by atoms with Crippen molar-refractivity contribution in [2.24, 2.45) is 10.9 Å². The number of benzene rings is 1. The zero-order valence-electron chi connectivity index (χ0n) is 14.4. The summed E-state index contributed by atoms with van der Waals surface area (Å²) in [5.74, 6) is 0.0420. The van der Waals surface area contributed by atoms with Gasteiger partial charge in [-0.2, -0.15) is 0 Å². The highest BCUT2D eigenvalue weighted by Gasteiger charge is 2.31. The Bertz CT molecular complexity index is 681. The molecule has 1 aromatic carbocycles. The van der Waals surface area contributed by atoms with E-state index in [1.54, 1.807) is 11.8 Å². The number of hydrogen-bond donors (Lipinski definition) is 0. The van der Waals surface area contributed by atoms with Gasteiger partial charge in [-0.05, 0) is 25.0 Å². The van der Waals surface area contributed by atoms with Crippen molar-refractivity contribution in [3.63, 3.8) is 0 Å². The molecule has 0 fully saturated rings. The first-order valence-corrected chi connectivity index (χ1v) is 8.79. The molecule has 0 aromatic heterocycles. The van der Waals surface area contributed by atoms with E-state index in [-0.39, 0.29) is 11.7 Å². The number of aliphatic imine (C=N–C) groups is 1. The maximum absolute atomic E-state index is 12.5. The smallest absolute Gasteiger partial charge is 0.342 e. The molecule has 6 heteroatoms. The fourth-order valence-electron chi connectivity index (χ4n) is 2.41. The number of para-hydroxylation sites is 1. The van der Waals surface area contributed by atoms with E-state index in [1.165, 1.54) is 18.9 Å². The molecule has 0 N–H and O–H groups in total. The second-order valence-electron chi connectivity index (χ2n) is 5.89. The average Bonchev–Trinajstić information content (AvgIpc) is 2.67. The third-order valence-electron chi connectivity index (χ3n) is 3.54. The summed E-state index contributed by atoms with van der Waals surface area (Å²) < 4.78 is 4.94. The Morgan fingerprint density at radius 1 is 1.33 bits per heavy atom. The van der Waals surface area contributed by atoms with E-state index in [0.717, 1.165) is 5.69 Å². The minimum Gasteiger partial charge on any atom is -0.465 e. The topological polar surface area (TPSA) is 59.0 Å². The van der Waals surface area contributed by atoms with E-state index in [1.807, 2.05) is 44.2 Å². The van der Waals surface area contributed by atoms with Crippen LogP contribution in [0.1, 0.15) is 20.8 Å². The van der Waals surface area contributed by atoms with Crippen LogP contribution in [0.25, 0.3) is 0 Å². The molecule has 1 aromatic rings. The molecule has 0 spiro atoms. The molecule has 0 atom stereocenters. The van der Waals surface area contributed by atoms with Crippen molar-refractivity contribution in [2.75, 3.05) is 19.4 Å². The van der Waals surface area contributed by atoms with Gasteiger partial charge in [0.1, 0.15) is 10.6 Å². The van der Waals surface area contributed by atoms with E-state index in [2.05, 4.69) is 4.99 Å². The van der Waals surface area contributed by atoms with Gasteiger partial charge >= 0.3 is 5.97 Å². The molecule has 1 heterocycles. The van der Waals surface area contributed by atoms with Gasteiger partial charge in [0.25, 0.3) is 0 Å². The molecule has 5 nitrogen and oxygen atoms in total. The number of esters is 1. The molecular formula is C18H22N2O3S. The van der Waals surface area contributed by atoms with Gasteiger partial charge in [0.05, 0.1) is 18.6 Å². The first-order valence-electron chi connectivity index (χ1n) is 7.80. The molecule has 0 bridgehead atoms. The third-order valence-corrected chi connectivity index (χ3v) is 4.50. The molecule has 0 radical (unpaired) electrons. The lowest BCUT2D eigenvalue weighted by Crippen LogP contribution is -2.34. The van der Waals surface area contributed by atoms with Gasteiger partial charge in [-0.3, -0.25) is 4.79 Å². The number of carbonyl (C=O) groups excluding carboxylic acids is 2. The van der Waals surface area contributed by atoms with Gasteiger partial charge in [0.15, 0.2) is 0 Å². The number of amides is 1. The van der Waals surface area contributed by atoms with E-state index in [9.17, 15) is 9.59 Å². The number of ether oxygens (including phenoxy) is 1. The quantitative estimate of drug-likeness (QED) is 0.784. The molecule has 0 saturated carbocycles. The Morgan fingerprint density at radius 3 is 2.58 bits per heavy atom. The van der Waals surface area contributed by atoms with Gasteiger partial charge < -0.3 is 9.64 Å². The minimum absolute atomic E-state index is 0.0223. The summed E-state index contributed by atoms with van der Waals surface area (Å²) >= 11 is 1.27. The summed E-state index contributed by atoms with van der Waals surface area (Å²) in [6.45, 7) is 6.41. The fraction of sp³-hybridized carbons (Fsp3) is 0.389. The van der Waals surface area contributed by atoms with Gasteiger partial charge in [-0.15, -0.1) is 0 Å². The number of methoxy groups -OCH3 is 1. The Hall–Kier alpha value is -2.08. The van der Waals surface area contributed by atoms with Crippen LogP contribution in [0.5, 0.6) is 0 Å². The van der Waals surface area contributed by atoms with Gasteiger partial charge in [-0.25, -0.2) is 9.79 Å². The van der Waals surface area contributed by atoms with Crippen molar-refractivity contribution in [2.45, 2.75) is 20.8 Å². The zero-order valence-corrected chi connectivity index (χ0v) is 15.2. The van der Waals surface area contributed by atoms with Crippen molar-refractivity contribution in [1.29, 1.82) is 0 Å². The first-order chi connectivity index (χ1) is 11.4. The van der Waals surface area contributed by atoms with Crippen LogP contribution in [-0.2, 0) is 14.3 Å². The zero-order chi connectivity index (χ0) is 17.7. The Kier molecular flexibility index (Phi) is 6.20. The number of thioether (sulfide) groups is 1. The lowest BCUT2D eigenvalue weighted by atomic mass is 10.1. The van der Waals surface area contributed by atoms with Crippen LogP contribution < -0.4 is 0 Å². The second kappa shape index (κ2) is 8.15. The normalized spacial score (nSPS) is 17.5. The van der Waals surface area contributed by atoms with E-state index in [4.69, 9.17) is 4.74 Å². The van der Waals surface area contributed by atoms with E-state index in [0.29, 0.717) is 28.8 Å². The van der Waals surface area contributed by atoms with E-state index < -0.39 is 5.97 Å². The molecule has 24 heavy (non-hydrogen) atoms. The lowest BCUT2D eigenvalue weighted by Gasteiger charge is -2.24. The van der Waals surface area contributed by atoms with Gasteiger partial charge in [0.2, 0.25) is 5.91 Å². The molecule has 128 valence electrons. The van der Waals surface area contributed by atoms with Crippen LogP contribution >= 0.6 is 11.8 Å². The Balaban J connectivity index is 2.54. The SMILES string of the molecule is COC(=O)C1=C(C)N(CC(C)C)C(=O)CSC1=Nc1ccccc1. The predicted octanol–water partition coefficient (Wildman–Crippen LogP) is 3.40. The lowest BCUT2D eigenvalue weighted by molar-refractivity contribution is -0.135. The van der Waals surface area contributed by atoms with Crippen molar-refractivity contribution in [3.8, 4) is 0 Å². The molecule has 0 saturated heterocycles. The average molecular weight is 346 g/mol. The summed E-state index contributed by atoms with van der Waals surface area (Å²) in [5, 5.41) is 0.519. The van der Waals surface area contributed by atoms with Crippen LogP contribution in [0.15, 0.2) is 46.6 Å². The van der Waals surface area contributed by atoms with Crippen molar-refractivity contribution < 1.29 is 14.3 Å². The van der Waals surface area contributed by atoms with Crippen LogP contribution in [0.2, 0.25) is 0 Å². The highest BCUT2D eigenvalue weighted by molar-refractivity contribution is 8.15. The minimum atomic E-state index is -0.474. The number of carbonyl (C=O) groups is 2. The Labute approximate surface area is 146 Å². The summed E-state index contributed by atoms with van der Waals surface area (Å²) in [6.07, 6.45) is 0. The first kappa shape index (κ1) is 18.3. The van der Waals surface area contributed by atoms with Crippen LogP contribution in [-0.4, -0.2) is 41.2 Å². The third kappa shape index (κ3) is 4.26. The number of hydrogen-bond acceptors (Lipinski definition) is 5. The molecule has 0 unspecified atom stereocenters. The predicted molar refractivity (Wildman–Crippen MR) is 97.3 cm³/mol. The molecule has 1 aliphatic rings. The summed E-state index contributed by atoms with van der Waals surface area (Å²) in [7, 11) is 1.34. The fourth-order valence-corrected chi connectivity index (χ4v) is 3.37.